The maximum Gasteiger partial charge on any atom is 0.119 e. The fourth-order valence-corrected chi connectivity index (χ4v) is 6.81. The van der Waals surface area contributed by atoms with Crippen molar-refractivity contribution in [3.63, 3.8) is 0 Å². The minimum Gasteiger partial charge on any atom is -0.497 e. The molecule has 0 bridgehead atoms. The maximum atomic E-state index is 9.46. The van der Waals surface area contributed by atoms with Crippen LogP contribution in [0.25, 0.3) is 52.5 Å². The number of benzene rings is 7. The van der Waals surface area contributed by atoms with E-state index in [1.54, 1.807) is 28.1 Å². The average Bonchev–Trinajstić information content (AvgIpc) is 3.47. The summed E-state index contributed by atoms with van der Waals surface area (Å²) >= 11 is 1.89. The minimum atomic E-state index is -0.420. The molecule has 226 valence electrons. The van der Waals surface area contributed by atoms with E-state index in [1.807, 2.05) is 84.1 Å². The molecule has 45 heavy (non-hydrogen) atoms. The first-order valence-corrected chi connectivity index (χ1v) is 15.8. The van der Waals surface area contributed by atoms with Crippen LogP contribution < -0.4 is 9.47 Å². The molecule has 1 aromatic heterocycles. The third-order valence-corrected chi connectivity index (χ3v) is 9.26. The van der Waals surface area contributed by atoms with Crippen LogP contribution in [0.2, 0.25) is 0 Å². The standard InChI is InChI=1S/C14H8S.2C13H14O2/c1-3-9-7-8-10-4-2-6-12-14(10)13(9)11(5-1)15-12;2*1-9(14)10-3-4-12-8-13(15-2)6-5-11(12)7-10/h1-8H;2*3-9,14H,1-2H3. The second-order valence-electron chi connectivity index (χ2n) is 11.2. The summed E-state index contributed by atoms with van der Waals surface area (Å²) in [5.41, 5.74) is 1.88. The molecule has 8 rings (SSSR count). The second kappa shape index (κ2) is 13.1. The van der Waals surface area contributed by atoms with Gasteiger partial charge in [0.15, 0.2) is 0 Å². The van der Waals surface area contributed by atoms with Crippen LogP contribution in [0.4, 0.5) is 0 Å². The van der Waals surface area contributed by atoms with Gasteiger partial charge in [0.25, 0.3) is 0 Å². The van der Waals surface area contributed by atoms with Gasteiger partial charge in [-0.25, -0.2) is 0 Å². The highest BCUT2D eigenvalue weighted by Crippen LogP contribution is 2.40. The lowest BCUT2D eigenvalue weighted by Crippen LogP contribution is -1.90. The smallest absolute Gasteiger partial charge is 0.119 e. The highest BCUT2D eigenvalue weighted by Gasteiger charge is 2.09. The molecule has 0 aliphatic carbocycles. The van der Waals surface area contributed by atoms with Gasteiger partial charge in [0.05, 0.1) is 26.4 Å². The zero-order chi connectivity index (χ0) is 31.5. The minimum absolute atomic E-state index is 0.420. The number of fused-ring (bicyclic) bond motifs is 2. The van der Waals surface area contributed by atoms with Crippen molar-refractivity contribution in [3.8, 4) is 11.5 Å². The number of aliphatic hydroxyl groups is 2. The highest BCUT2D eigenvalue weighted by molar-refractivity contribution is 7.26. The van der Waals surface area contributed by atoms with E-state index in [0.717, 1.165) is 44.2 Å². The summed E-state index contributed by atoms with van der Waals surface area (Å²) in [6.07, 6.45) is -0.840. The number of hydrogen-bond acceptors (Lipinski definition) is 5. The van der Waals surface area contributed by atoms with Crippen molar-refractivity contribution >= 4 is 63.8 Å². The predicted octanol–water partition coefficient (Wildman–Crippen LogP) is 10.4. The van der Waals surface area contributed by atoms with Gasteiger partial charge in [-0.15, -0.1) is 11.3 Å². The summed E-state index contributed by atoms with van der Waals surface area (Å²) in [5, 5.41) is 29.0. The van der Waals surface area contributed by atoms with Crippen molar-refractivity contribution in [3.05, 3.63) is 132 Å². The maximum absolute atomic E-state index is 9.46. The van der Waals surface area contributed by atoms with E-state index in [1.165, 1.54) is 30.9 Å². The first-order chi connectivity index (χ1) is 21.8. The van der Waals surface area contributed by atoms with Crippen LogP contribution in [0.1, 0.15) is 37.2 Å². The number of hydrogen-bond donors (Lipinski definition) is 2. The molecule has 4 nitrogen and oxygen atoms in total. The summed E-state index contributed by atoms with van der Waals surface area (Å²) in [6.45, 7) is 3.54. The third-order valence-electron chi connectivity index (χ3n) is 8.14. The Balaban J connectivity index is 0.000000119. The molecule has 1 heterocycles. The first kappa shape index (κ1) is 30.4. The van der Waals surface area contributed by atoms with E-state index >= 15 is 0 Å². The van der Waals surface area contributed by atoms with Crippen LogP contribution in [-0.4, -0.2) is 24.4 Å². The normalized spacial score (nSPS) is 12.5. The molecule has 0 amide bonds. The lowest BCUT2D eigenvalue weighted by Gasteiger charge is -2.07. The van der Waals surface area contributed by atoms with Crippen molar-refractivity contribution < 1.29 is 19.7 Å². The molecule has 8 aromatic rings. The number of rotatable bonds is 4. The Morgan fingerprint density at radius 2 is 0.844 bits per heavy atom. The van der Waals surface area contributed by atoms with Gasteiger partial charge in [0.2, 0.25) is 0 Å². The summed E-state index contributed by atoms with van der Waals surface area (Å²) < 4.78 is 13.1. The Morgan fingerprint density at radius 3 is 1.24 bits per heavy atom. The van der Waals surface area contributed by atoms with Crippen LogP contribution in [0.5, 0.6) is 11.5 Å². The van der Waals surface area contributed by atoms with E-state index in [9.17, 15) is 10.2 Å². The number of methoxy groups -OCH3 is 2. The monoisotopic (exact) mass is 612 g/mol. The van der Waals surface area contributed by atoms with Crippen LogP contribution in [0.3, 0.4) is 0 Å². The summed E-state index contributed by atoms with van der Waals surface area (Å²) in [5.74, 6) is 1.71. The lowest BCUT2D eigenvalue weighted by atomic mass is 10.0. The summed E-state index contributed by atoms with van der Waals surface area (Å²) in [4.78, 5) is 0. The van der Waals surface area contributed by atoms with Crippen molar-refractivity contribution in [1.82, 2.24) is 0 Å². The number of aliphatic hydroxyl groups excluding tert-OH is 2. The Kier molecular flexibility index (Phi) is 8.85. The Morgan fingerprint density at radius 1 is 0.467 bits per heavy atom. The zero-order valence-corrected chi connectivity index (χ0v) is 26.6. The van der Waals surface area contributed by atoms with Gasteiger partial charge in [0.1, 0.15) is 11.5 Å². The SMILES string of the molecule is COc1ccc2cc(C(C)O)ccc2c1.COc1ccc2cc(C(C)O)ccc2c1.c1cc2ccc3cccc4sc(c1)c2c34. The quantitative estimate of drug-likeness (QED) is 0.194. The van der Waals surface area contributed by atoms with Crippen LogP contribution in [-0.2, 0) is 0 Å². The lowest BCUT2D eigenvalue weighted by molar-refractivity contribution is 0.199. The fraction of sp³-hybridized carbons (Fsp3) is 0.150. The molecule has 7 aromatic carbocycles. The first-order valence-electron chi connectivity index (χ1n) is 15.0. The topological polar surface area (TPSA) is 58.9 Å². The van der Waals surface area contributed by atoms with Crippen molar-refractivity contribution in [2.24, 2.45) is 0 Å². The van der Waals surface area contributed by atoms with Gasteiger partial charge in [-0.2, -0.15) is 0 Å². The van der Waals surface area contributed by atoms with Crippen molar-refractivity contribution in [2.45, 2.75) is 26.1 Å². The van der Waals surface area contributed by atoms with E-state index in [0.29, 0.717) is 0 Å². The molecular formula is C40H36O4S. The van der Waals surface area contributed by atoms with Gasteiger partial charge < -0.3 is 19.7 Å². The molecule has 2 unspecified atom stereocenters. The van der Waals surface area contributed by atoms with Gasteiger partial charge in [0, 0.05) is 20.2 Å². The number of ether oxygens (including phenoxy) is 2. The van der Waals surface area contributed by atoms with Gasteiger partial charge in [-0.3, -0.25) is 0 Å². The largest absolute Gasteiger partial charge is 0.497 e. The van der Waals surface area contributed by atoms with Gasteiger partial charge in [-0.1, -0.05) is 72.8 Å². The molecule has 2 atom stereocenters. The van der Waals surface area contributed by atoms with Crippen LogP contribution in [0, 0.1) is 0 Å². The summed E-state index contributed by atoms with van der Waals surface area (Å²) in [6, 6.07) is 41.2. The van der Waals surface area contributed by atoms with Crippen molar-refractivity contribution in [2.75, 3.05) is 14.2 Å². The molecular weight excluding hydrogens is 577 g/mol. The molecule has 0 saturated carbocycles. The van der Waals surface area contributed by atoms with Crippen LogP contribution in [0.15, 0.2) is 121 Å². The molecule has 0 spiro atoms. The second-order valence-corrected chi connectivity index (χ2v) is 12.3. The van der Waals surface area contributed by atoms with Gasteiger partial charge in [-0.05, 0) is 106 Å². The average molecular weight is 613 g/mol. The third kappa shape index (κ3) is 6.43. The Hall–Kier alpha value is -4.68. The highest BCUT2D eigenvalue weighted by atomic mass is 32.1. The molecule has 0 radical (unpaired) electrons. The molecule has 2 N–H and O–H groups in total. The van der Waals surface area contributed by atoms with E-state index in [-0.39, 0.29) is 0 Å². The molecule has 0 aliphatic heterocycles. The van der Waals surface area contributed by atoms with E-state index in [2.05, 4.69) is 48.5 Å². The Labute approximate surface area is 267 Å². The zero-order valence-electron chi connectivity index (χ0n) is 25.8. The fourth-order valence-electron chi connectivity index (χ4n) is 5.64. The predicted molar refractivity (Wildman–Crippen MR) is 190 cm³/mol. The Bertz CT molecular complexity index is 2060. The molecule has 0 aliphatic rings. The van der Waals surface area contributed by atoms with Crippen LogP contribution >= 0.6 is 11.3 Å². The van der Waals surface area contributed by atoms with E-state index < -0.39 is 12.2 Å². The number of thiophene rings is 1. The summed E-state index contributed by atoms with van der Waals surface area (Å²) in [7, 11) is 3.32. The van der Waals surface area contributed by atoms with E-state index in [4.69, 9.17) is 9.47 Å². The van der Waals surface area contributed by atoms with Crippen molar-refractivity contribution in [1.29, 1.82) is 0 Å². The molecule has 5 heteroatoms. The van der Waals surface area contributed by atoms with Gasteiger partial charge >= 0.3 is 0 Å². The molecule has 0 fully saturated rings. The molecule has 0 saturated heterocycles.